The van der Waals surface area contributed by atoms with Crippen molar-refractivity contribution in [2.24, 2.45) is 5.16 Å². The minimum absolute atomic E-state index is 0.470. The number of benzene rings is 1. The normalized spacial score (nSPS) is 11.9. The lowest BCUT2D eigenvalue weighted by Crippen LogP contribution is -2.31. The summed E-state index contributed by atoms with van der Waals surface area (Å²) in [5.74, 6) is -4.38. The van der Waals surface area contributed by atoms with Gasteiger partial charge < -0.3 is 9.94 Å². The molecule has 1 rings (SSSR count). The molecule has 112 valence electrons. The molecule has 0 saturated heterocycles. The fourth-order valence-electron chi connectivity index (χ4n) is 1.36. The summed E-state index contributed by atoms with van der Waals surface area (Å²) >= 11 is 0. The molecule has 0 amide bonds. The number of alkyl halides is 3. The molecule has 9 heteroatoms. The number of halogens is 3. The lowest BCUT2D eigenvalue weighted by atomic mass is 10.0. The van der Waals surface area contributed by atoms with Crippen molar-refractivity contribution in [2.45, 2.75) is 6.18 Å². The number of carbonyl (C=O) groups excluding carboxylic acids is 3. The zero-order valence-electron chi connectivity index (χ0n) is 10.5. The molecule has 0 saturated carbocycles. The minimum atomic E-state index is -4.70. The van der Waals surface area contributed by atoms with Crippen molar-refractivity contribution in [1.82, 2.24) is 0 Å². The van der Waals surface area contributed by atoms with Gasteiger partial charge in [-0.25, -0.2) is 4.79 Å². The monoisotopic (exact) mass is 303 g/mol. The summed E-state index contributed by atoms with van der Waals surface area (Å²) in [6, 6.07) is 3.10. The van der Waals surface area contributed by atoms with Crippen molar-refractivity contribution in [3.63, 3.8) is 0 Å². The van der Waals surface area contributed by atoms with Crippen LogP contribution < -0.4 is 0 Å². The molecule has 1 N–H and O–H groups in total. The van der Waals surface area contributed by atoms with Crippen LogP contribution >= 0.6 is 0 Å². The molecule has 0 bridgehead atoms. The Hall–Kier alpha value is -2.71. The smallest absolute Gasteiger partial charge is 0.416 e. The average Bonchev–Trinajstić information content (AvgIpc) is 2.46. The molecule has 0 aliphatic heterocycles. The lowest BCUT2D eigenvalue weighted by molar-refractivity contribution is -0.148. The summed E-state index contributed by atoms with van der Waals surface area (Å²) in [5.41, 5.74) is -2.92. The average molecular weight is 303 g/mol. The van der Waals surface area contributed by atoms with Gasteiger partial charge in [-0.3, -0.25) is 9.59 Å². The van der Waals surface area contributed by atoms with E-state index in [1.165, 1.54) is 0 Å². The second-order valence-electron chi connectivity index (χ2n) is 3.68. The predicted molar refractivity (Wildman–Crippen MR) is 62.0 cm³/mol. The molecule has 0 aliphatic rings. The van der Waals surface area contributed by atoms with Crippen LogP contribution in [0.2, 0.25) is 0 Å². The van der Waals surface area contributed by atoms with E-state index in [0.29, 0.717) is 12.1 Å². The second-order valence-corrected chi connectivity index (χ2v) is 3.68. The summed E-state index contributed by atoms with van der Waals surface area (Å²) in [4.78, 5) is 34.2. The maximum absolute atomic E-state index is 12.5. The molecule has 0 radical (unpaired) electrons. The van der Waals surface area contributed by atoms with Crippen LogP contribution in [-0.4, -0.2) is 35.6 Å². The molecule has 21 heavy (non-hydrogen) atoms. The highest BCUT2D eigenvalue weighted by Crippen LogP contribution is 2.29. The first-order valence-electron chi connectivity index (χ1n) is 5.29. The molecule has 1 aromatic rings. The van der Waals surface area contributed by atoms with Crippen molar-refractivity contribution >= 4 is 23.2 Å². The van der Waals surface area contributed by atoms with Gasteiger partial charge in [0, 0.05) is 5.56 Å². The fraction of sp³-hybridized carbons (Fsp3) is 0.167. The summed E-state index contributed by atoms with van der Waals surface area (Å²) in [6.45, 7) is 0. The Bertz CT molecular complexity index is 622. The number of rotatable bonds is 4. The number of hydrogen-bond acceptors (Lipinski definition) is 6. The Morgan fingerprint density at radius 1 is 1.24 bits per heavy atom. The van der Waals surface area contributed by atoms with Gasteiger partial charge in [0.05, 0.1) is 12.7 Å². The van der Waals surface area contributed by atoms with E-state index in [4.69, 9.17) is 5.21 Å². The van der Waals surface area contributed by atoms with E-state index in [2.05, 4.69) is 9.89 Å². The lowest BCUT2D eigenvalue weighted by Gasteiger charge is -2.08. The number of Topliss-reactive ketones (excluding diaryl/α,β-unsaturated/α-hetero) is 2. The third-order valence-electron chi connectivity index (χ3n) is 2.35. The van der Waals surface area contributed by atoms with Crippen molar-refractivity contribution < 1.29 is 37.5 Å². The predicted octanol–water partition coefficient (Wildman–Crippen LogP) is 1.46. The number of esters is 1. The molecule has 0 heterocycles. The molecule has 0 unspecified atom stereocenters. The van der Waals surface area contributed by atoms with Gasteiger partial charge in [0.25, 0.3) is 5.78 Å². The molecule has 6 nitrogen and oxygen atoms in total. The number of ketones is 2. The second kappa shape index (κ2) is 6.16. The highest BCUT2D eigenvalue weighted by Gasteiger charge is 2.33. The topological polar surface area (TPSA) is 93.0 Å². The maximum atomic E-state index is 12.5. The largest absolute Gasteiger partial charge is 0.463 e. The zero-order chi connectivity index (χ0) is 16.2. The number of nitrogens with zero attached hydrogens (tertiary/aromatic N) is 1. The summed E-state index contributed by atoms with van der Waals surface area (Å²) in [5, 5.41) is 11.0. The maximum Gasteiger partial charge on any atom is 0.416 e. The molecule has 1 aromatic carbocycles. The summed E-state index contributed by atoms with van der Waals surface area (Å²) in [6.07, 6.45) is -4.70. The molecule has 0 atom stereocenters. The van der Waals surface area contributed by atoms with Gasteiger partial charge in [0.15, 0.2) is 0 Å². The highest BCUT2D eigenvalue weighted by molar-refractivity contribution is 6.80. The highest BCUT2D eigenvalue weighted by atomic mass is 19.4. The third kappa shape index (κ3) is 3.65. The molecule has 0 aromatic heterocycles. The molecule has 0 spiro atoms. The van der Waals surface area contributed by atoms with Crippen molar-refractivity contribution in [3.8, 4) is 0 Å². The van der Waals surface area contributed by atoms with Crippen LogP contribution in [0, 0.1) is 0 Å². The van der Waals surface area contributed by atoms with Crippen LogP contribution in [0.4, 0.5) is 13.2 Å². The van der Waals surface area contributed by atoms with Crippen molar-refractivity contribution in [3.05, 3.63) is 35.4 Å². The van der Waals surface area contributed by atoms with E-state index < -0.39 is 40.6 Å². The SMILES string of the molecule is COC(=O)C(=O)C(=NO)C(=O)c1cccc(C(F)(F)F)c1. The van der Waals surface area contributed by atoms with Crippen LogP contribution in [0.1, 0.15) is 15.9 Å². The van der Waals surface area contributed by atoms with Crippen LogP contribution in [-0.2, 0) is 20.5 Å². The number of ether oxygens (including phenoxy) is 1. The van der Waals surface area contributed by atoms with Crippen LogP contribution in [0.15, 0.2) is 29.4 Å². The van der Waals surface area contributed by atoms with E-state index in [1.54, 1.807) is 0 Å². The first kappa shape index (κ1) is 16.3. The first-order chi connectivity index (χ1) is 9.72. The number of hydrogen-bond donors (Lipinski definition) is 1. The Morgan fingerprint density at radius 2 is 1.86 bits per heavy atom. The Kier molecular flexibility index (Phi) is 4.79. The van der Waals surface area contributed by atoms with E-state index in [1.807, 2.05) is 0 Å². The van der Waals surface area contributed by atoms with Crippen LogP contribution in [0.25, 0.3) is 0 Å². The number of methoxy groups -OCH3 is 1. The molecule has 0 aliphatic carbocycles. The van der Waals surface area contributed by atoms with Gasteiger partial charge in [-0.05, 0) is 12.1 Å². The molecule has 0 fully saturated rings. The zero-order valence-corrected chi connectivity index (χ0v) is 10.5. The van der Waals surface area contributed by atoms with Crippen molar-refractivity contribution in [1.29, 1.82) is 0 Å². The van der Waals surface area contributed by atoms with Crippen LogP contribution in [0.5, 0.6) is 0 Å². The Labute approximate surface area is 115 Å². The van der Waals surface area contributed by atoms with E-state index >= 15 is 0 Å². The Balaban J connectivity index is 3.19. The third-order valence-corrected chi connectivity index (χ3v) is 2.35. The Morgan fingerprint density at radius 3 is 2.33 bits per heavy atom. The standard InChI is InChI=1S/C12H8F3NO5/c1-21-11(19)10(18)8(16-20)9(17)6-3-2-4-7(5-6)12(13,14)15/h2-5,20H,1H3. The summed E-state index contributed by atoms with van der Waals surface area (Å²) < 4.78 is 41.6. The summed E-state index contributed by atoms with van der Waals surface area (Å²) in [7, 11) is 0.851. The van der Waals surface area contributed by atoms with Gasteiger partial charge in [0.1, 0.15) is 0 Å². The van der Waals surface area contributed by atoms with Gasteiger partial charge in [0.2, 0.25) is 11.5 Å². The molecular weight excluding hydrogens is 295 g/mol. The minimum Gasteiger partial charge on any atom is -0.463 e. The molecular formula is C12H8F3NO5. The van der Waals surface area contributed by atoms with Gasteiger partial charge in [-0.15, -0.1) is 0 Å². The van der Waals surface area contributed by atoms with Gasteiger partial charge in [-0.1, -0.05) is 17.3 Å². The number of carbonyl (C=O) groups is 3. The van der Waals surface area contributed by atoms with E-state index in [-0.39, 0.29) is 0 Å². The van der Waals surface area contributed by atoms with E-state index in [9.17, 15) is 27.6 Å². The van der Waals surface area contributed by atoms with Gasteiger partial charge in [-0.2, -0.15) is 13.2 Å². The van der Waals surface area contributed by atoms with Crippen LogP contribution in [0.3, 0.4) is 0 Å². The number of oxime groups is 1. The quantitative estimate of drug-likeness (QED) is 0.173. The van der Waals surface area contributed by atoms with Gasteiger partial charge >= 0.3 is 12.1 Å². The van der Waals surface area contributed by atoms with E-state index in [0.717, 1.165) is 19.2 Å². The van der Waals surface area contributed by atoms with Crippen molar-refractivity contribution in [2.75, 3.05) is 7.11 Å². The fourth-order valence-corrected chi connectivity index (χ4v) is 1.36. The first-order valence-corrected chi connectivity index (χ1v) is 5.29.